The lowest BCUT2D eigenvalue weighted by molar-refractivity contribution is 0.110. The quantitative estimate of drug-likeness (QED) is 0.357. The summed E-state index contributed by atoms with van der Waals surface area (Å²) in [5.41, 5.74) is 5.83. The number of thioether (sulfide) groups is 2. The minimum absolute atomic E-state index is 0.0662. The summed E-state index contributed by atoms with van der Waals surface area (Å²) in [7, 11) is 1.99. The molecule has 2 saturated heterocycles. The molecule has 0 aliphatic carbocycles. The van der Waals surface area contributed by atoms with Crippen LogP contribution in [0.2, 0.25) is 5.02 Å². The molecule has 2 fully saturated rings. The molecule has 0 saturated carbocycles. The van der Waals surface area contributed by atoms with Crippen molar-refractivity contribution in [3.63, 3.8) is 0 Å². The van der Waals surface area contributed by atoms with Crippen LogP contribution in [0.15, 0.2) is 36.5 Å². The summed E-state index contributed by atoms with van der Waals surface area (Å²) in [4.78, 5) is 2.53. The lowest BCUT2D eigenvalue weighted by Gasteiger charge is -2.33. The van der Waals surface area contributed by atoms with Crippen molar-refractivity contribution in [2.24, 2.45) is 5.92 Å². The first-order chi connectivity index (χ1) is 15.4. The molecular weight excluding hydrogens is 462 g/mol. The number of piperidine rings is 1. The van der Waals surface area contributed by atoms with Gasteiger partial charge in [0.1, 0.15) is 16.4 Å². The molecule has 2 aliphatic rings. The molecule has 3 rings (SSSR count). The van der Waals surface area contributed by atoms with Gasteiger partial charge in [0.05, 0.1) is 0 Å². The van der Waals surface area contributed by atoms with Crippen molar-refractivity contribution >= 4 is 35.1 Å². The molecule has 6 nitrogen and oxygen atoms in total. The van der Waals surface area contributed by atoms with Gasteiger partial charge in [-0.2, -0.15) is 0 Å². The number of nitrogens with one attached hydrogen (secondary N) is 3. The van der Waals surface area contributed by atoms with E-state index in [-0.39, 0.29) is 10.2 Å². The summed E-state index contributed by atoms with van der Waals surface area (Å²) < 4.78 is 0.243. The van der Waals surface area contributed by atoms with Crippen LogP contribution in [0.4, 0.5) is 0 Å². The Bertz CT molecular complexity index is 696. The van der Waals surface area contributed by atoms with E-state index in [0.29, 0.717) is 5.92 Å². The third-order valence-electron chi connectivity index (χ3n) is 5.25. The molecule has 9 heteroatoms. The second-order valence-corrected chi connectivity index (χ2v) is 11.1. The predicted octanol–water partition coefficient (Wildman–Crippen LogP) is 4.09. The second-order valence-electron chi connectivity index (χ2n) is 8.07. The van der Waals surface area contributed by atoms with E-state index in [4.69, 9.17) is 11.6 Å². The fourth-order valence-corrected chi connectivity index (χ4v) is 6.50. The van der Waals surface area contributed by atoms with Crippen molar-refractivity contribution in [3.05, 3.63) is 47.1 Å². The average Bonchev–Trinajstić information content (AvgIpc) is 3.11. The van der Waals surface area contributed by atoms with Crippen LogP contribution < -0.4 is 16.1 Å². The van der Waals surface area contributed by atoms with E-state index < -0.39 is 6.23 Å². The molecule has 4 atom stereocenters. The van der Waals surface area contributed by atoms with Gasteiger partial charge in [0.25, 0.3) is 0 Å². The van der Waals surface area contributed by atoms with Gasteiger partial charge in [-0.3, -0.25) is 10.2 Å². The number of benzene rings is 1. The van der Waals surface area contributed by atoms with Gasteiger partial charge in [0.15, 0.2) is 0 Å². The summed E-state index contributed by atoms with van der Waals surface area (Å²) >= 11 is 9.71. The van der Waals surface area contributed by atoms with Crippen LogP contribution in [-0.2, 0) is 6.54 Å². The van der Waals surface area contributed by atoms with Crippen molar-refractivity contribution < 1.29 is 5.11 Å². The maximum absolute atomic E-state index is 9.52. The summed E-state index contributed by atoms with van der Waals surface area (Å²) in [6, 6.07) is 8.18. The van der Waals surface area contributed by atoms with Gasteiger partial charge in [0, 0.05) is 43.2 Å². The van der Waals surface area contributed by atoms with Gasteiger partial charge in [-0.1, -0.05) is 55.9 Å². The summed E-state index contributed by atoms with van der Waals surface area (Å²) in [6.45, 7) is 14.2. The molecule has 0 radical (unpaired) electrons. The number of likely N-dealkylation sites (tertiary alicyclic amines) is 1. The van der Waals surface area contributed by atoms with Crippen molar-refractivity contribution in [2.75, 3.05) is 32.4 Å². The van der Waals surface area contributed by atoms with Crippen molar-refractivity contribution in [1.82, 2.24) is 26.0 Å². The number of nitrogens with zero attached hydrogens (tertiary/aromatic N) is 2. The topological polar surface area (TPSA) is 62.8 Å². The van der Waals surface area contributed by atoms with E-state index in [2.05, 4.69) is 39.7 Å². The maximum Gasteiger partial charge on any atom is 0.125 e. The van der Waals surface area contributed by atoms with E-state index in [9.17, 15) is 5.11 Å². The maximum atomic E-state index is 9.52. The number of hydrogen-bond acceptors (Lipinski definition) is 8. The summed E-state index contributed by atoms with van der Waals surface area (Å²) in [5, 5.41) is 19.0. The smallest absolute Gasteiger partial charge is 0.125 e. The zero-order chi connectivity index (χ0) is 23.5. The molecule has 32 heavy (non-hydrogen) atoms. The fourth-order valence-electron chi connectivity index (χ4n) is 3.78. The highest BCUT2D eigenvalue weighted by molar-refractivity contribution is 8.17. The van der Waals surface area contributed by atoms with Gasteiger partial charge >= 0.3 is 0 Å². The Balaban J connectivity index is 0.00000176. The summed E-state index contributed by atoms with van der Waals surface area (Å²) in [5.74, 6) is 1.50. The standard InChI is InChI=1S/C21H34ClN5OS2.C2H6/c1-15(14-29-21-25-26(3)20(30-21)24-16(2)28)23-11-18-7-5-9-27(13-18)12-17-6-4-8-19(22)10-17;1-2/h4,6,8,10,16,18,20-21,23-25,28H,1,5,7,9,11-14H2,2-3H3;1-2H3. The van der Waals surface area contributed by atoms with Crippen LogP contribution in [0, 0.1) is 5.92 Å². The first-order valence-electron chi connectivity index (χ1n) is 11.5. The lowest BCUT2D eigenvalue weighted by atomic mass is 9.97. The molecule has 182 valence electrons. The number of rotatable bonds is 10. The fraction of sp³-hybridized carbons (Fsp3) is 0.652. The van der Waals surface area contributed by atoms with E-state index in [1.165, 1.54) is 18.4 Å². The molecule has 2 aliphatic heterocycles. The minimum atomic E-state index is -0.527. The Kier molecular flexibility index (Phi) is 12.8. The molecule has 4 N–H and O–H groups in total. The van der Waals surface area contributed by atoms with Gasteiger partial charge < -0.3 is 10.4 Å². The minimum Gasteiger partial charge on any atom is -0.388 e. The van der Waals surface area contributed by atoms with Crippen molar-refractivity contribution in [1.29, 1.82) is 0 Å². The Morgan fingerprint density at radius 2 is 2.22 bits per heavy atom. The number of hydrogen-bond donors (Lipinski definition) is 4. The number of halogens is 1. The Morgan fingerprint density at radius 1 is 1.44 bits per heavy atom. The zero-order valence-corrected chi connectivity index (χ0v) is 22.2. The van der Waals surface area contributed by atoms with E-state index in [1.54, 1.807) is 18.7 Å². The van der Waals surface area contributed by atoms with Crippen LogP contribution in [0.1, 0.15) is 39.2 Å². The Morgan fingerprint density at radius 3 is 2.94 bits per heavy atom. The highest BCUT2D eigenvalue weighted by Crippen LogP contribution is 2.32. The normalized spacial score (nSPS) is 25.1. The third-order valence-corrected chi connectivity index (χ3v) is 8.21. The second kappa shape index (κ2) is 14.7. The number of aliphatic hydroxyl groups is 1. The SMILES string of the molecule is C=C(CSC1NN(C)C(NC(C)O)S1)NCC1CCCN(Cc2cccc(Cl)c2)C1.CC. The molecule has 0 bridgehead atoms. The largest absolute Gasteiger partial charge is 0.388 e. The van der Waals surface area contributed by atoms with Crippen LogP contribution >= 0.6 is 35.1 Å². The van der Waals surface area contributed by atoms with Crippen LogP contribution in [0.5, 0.6) is 0 Å². The molecule has 0 spiro atoms. The average molecular weight is 502 g/mol. The third kappa shape index (κ3) is 9.81. The lowest BCUT2D eigenvalue weighted by Crippen LogP contribution is -2.45. The molecule has 1 aromatic rings. The van der Waals surface area contributed by atoms with Crippen LogP contribution in [0.3, 0.4) is 0 Å². The zero-order valence-electron chi connectivity index (χ0n) is 19.8. The summed E-state index contributed by atoms with van der Waals surface area (Å²) in [6.07, 6.45) is 1.97. The van der Waals surface area contributed by atoms with Gasteiger partial charge in [-0.15, -0.1) is 11.8 Å². The molecule has 0 aromatic heterocycles. The van der Waals surface area contributed by atoms with Gasteiger partial charge in [-0.05, 0) is 49.9 Å². The number of hydrazine groups is 1. The van der Waals surface area contributed by atoms with E-state index in [0.717, 1.165) is 42.7 Å². The molecule has 4 unspecified atom stereocenters. The molecule has 2 heterocycles. The Labute approximate surface area is 207 Å². The van der Waals surface area contributed by atoms with Crippen molar-refractivity contribution in [2.45, 2.75) is 56.6 Å². The molecule has 0 amide bonds. The number of aliphatic hydroxyl groups excluding tert-OH is 1. The molecular formula is C23H40ClN5OS2. The first-order valence-corrected chi connectivity index (χ1v) is 13.8. The van der Waals surface area contributed by atoms with Crippen LogP contribution in [-0.4, -0.2) is 63.9 Å². The first kappa shape index (κ1) is 27.8. The predicted molar refractivity (Wildman–Crippen MR) is 141 cm³/mol. The van der Waals surface area contributed by atoms with Crippen molar-refractivity contribution in [3.8, 4) is 0 Å². The van der Waals surface area contributed by atoms with Gasteiger partial charge in [0.2, 0.25) is 0 Å². The van der Waals surface area contributed by atoms with Crippen LogP contribution in [0.25, 0.3) is 0 Å². The highest BCUT2D eigenvalue weighted by atomic mass is 35.5. The van der Waals surface area contributed by atoms with E-state index in [1.807, 2.05) is 49.8 Å². The van der Waals surface area contributed by atoms with Gasteiger partial charge in [-0.25, -0.2) is 10.4 Å². The highest BCUT2D eigenvalue weighted by Gasteiger charge is 2.30. The Hall–Kier alpha value is -0.450. The van der Waals surface area contributed by atoms with E-state index >= 15 is 0 Å². The monoisotopic (exact) mass is 501 g/mol. The molecule has 1 aromatic carbocycles.